The normalized spacial score (nSPS) is 11.7. The van der Waals surface area contributed by atoms with E-state index >= 15 is 0 Å². The van der Waals surface area contributed by atoms with Gasteiger partial charge < -0.3 is 31.4 Å². The van der Waals surface area contributed by atoms with E-state index in [2.05, 4.69) is 16.0 Å². The van der Waals surface area contributed by atoms with Crippen LogP contribution in [0.5, 0.6) is 0 Å². The Morgan fingerprint density at radius 1 is 1.29 bits per heavy atom. The predicted octanol–water partition coefficient (Wildman–Crippen LogP) is -1.000. The first-order valence-electron chi connectivity index (χ1n) is 7.68. The lowest BCUT2D eigenvalue weighted by Crippen LogP contribution is -2.49. The van der Waals surface area contributed by atoms with Crippen molar-refractivity contribution in [2.24, 2.45) is 5.73 Å². The Bertz CT molecular complexity index is 611. The minimum atomic E-state index is -0.815. The van der Waals surface area contributed by atoms with E-state index in [0.29, 0.717) is 5.56 Å². The van der Waals surface area contributed by atoms with Gasteiger partial charge in [-0.05, 0) is 26.8 Å². The van der Waals surface area contributed by atoms with Crippen LogP contribution >= 0.6 is 0 Å². The van der Waals surface area contributed by atoms with Crippen molar-refractivity contribution in [3.63, 3.8) is 0 Å². The molecule has 1 aromatic heterocycles. The van der Waals surface area contributed by atoms with Gasteiger partial charge in [0, 0.05) is 24.5 Å². The van der Waals surface area contributed by atoms with Crippen molar-refractivity contribution >= 4 is 17.8 Å². The molecule has 0 aromatic carbocycles. The minimum absolute atomic E-state index is 0.0629. The first kappa shape index (κ1) is 19.5. The highest BCUT2D eigenvalue weighted by atomic mass is 16.3. The molecule has 0 aliphatic carbocycles. The largest absolute Gasteiger partial charge is 0.394 e. The van der Waals surface area contributed by atoms with Gasteiger partial charge in [-0.1, -0.05) is 0 Å². The van der Waals surface area contributed by atoms with Crippen molar-refractivity contribution in [2.45, 2.75) is 33.4 Å². The molecule has 1 rings (SSSR count). The van der Waals surface area contributed by atoms with E-state index < -0.39 is 18.0 Å². The Balaban J connectivity index is 2.58. The van der Waals surface area contributed by atoms with Gasteiger partial charge in [0.05, 0.1) is 24.8 Å². The second-order valence-electron chi connectivity index (χ2n) is 5.40. The highest BCUT2D eigenvalue weighted by Gasteiger charge is 2.17. The van der Waals surface area contributed by atoms with Crippen molar-refractivity contribution in [1.82, 2.24) is 20.5 Å². The van der Waals surface area contributed by atoms with Crippen molar-refractivity contribution < 1.29 is 19.5 Å². The number of nitrogens with two attached hydrogens (primary N) is 1. The molecule has 9 heteroatoms. The van der Waals surface area contributed by atoms with Crippen molar-refractivity contribution in [1.29, 1.82) is 0 Å². The molecule has 134 valence electrons. The lowest BCUT2D eigenvalue weighted by atomic mass is 10.2. The zero-order chi connectivity index (χ0) is 18.3. The van der Waals surface area contributed by atoms with Gasteiger partial charge in [-0.2, -0.15) is 0 Å². The highest BCUT2D eigenvalue weighted by Crippen LogP contribution is 2.14. The first-order valence-corrected chi connectivity index (χ1v) is 7.68. The molecule has 0 radical (unpaired) electrons. The van der Waals surface area contributed by atoms with Crippen LogP contribution in [0.25, 0.3) is 0 Å². The molecule has 0 aliphatic heterocycles. The first-order chi connectivity index (χ1) is 11.3. The number of carbonyl (C=O) groups is 3. The van der Waals surface area contributed by atoms with Crippen LogP contribution in [-0.2, 0) is 11.3 Å². The summed E-state index contributed by atoms with van der Waals surface area (Å²) < 4.78 is 2.02. The molecule has 9 nitrogen and oxygen atoms in total. The van der Waals surface area contributed by atoms with Gasteiger partial charge in [-0.3, -0.25) is 9.59 Å². The van der Waals surface area contributed by atoms with Gasteiger partial charge in [0.25, 0.3) is 5.91 Å². The quantitative estimate of drug-likeness (QED) is 0.414. The third-order valence-corrected chi connectivity index (χ3v) is 3.65. The standard InChI is InChI=1S/C15H25N5O4/c1-4-20-9(2)5-12(10(20)3)14(23)17-6-11(8-21)19-13(22)7-18-15(16)24/h5,11,21H,4,6-8H2,1-3H3,(H,17,23)(H,19,22)(H3,16,18,24)/t11-/m0/s1. The maximum absolute atomic E-state index is 12.3. The van der Waals surface area contributed by atoms with Crippen LogP contribution in [0.4, 0.5) is 4.79 Å². The number of hydrogen-bond acceptors (Lipinski definition) is 4. The van der Waals surface area contributed by atoms with Gasteiger partial charge in [0.1, 0.15) is 0 Å². The number of aromatic nitrogens is 1. The van der Waals surface area contributed by atoms with Crippen LogP contribution in [0, 0.1) is 13.8 Å². The summed E-state index contributed by atoms with van der Waals surface area (Å²) >= 11 is 0. The highest BCUT2D eigenvalue weighted by molar-refractivity contribution is 5.95. The lowest BCUT2D eigenvalue weighted by Gasteiger charge is -2.17. The smallest absolute Gasteiger partial charge is 0.312 e. The second kappa shape index (κ2) is 8.92. The number of primary amides is 1. The number of amides is 4. The topological polar surface area (TPSA) is 138 Å². The van der Waals surface area contributed by atoms with Crippen LogP contribution in [0.1, 0.15) is 28.7 Å². The Morgan fingerprint density at radius 3 is 2.46 bits per heavy atom. The second-order valence-corrected chi connectivity index (χ2v) is 5.40. The van der Waals surface area contributed by atoms with Gasteiger partial charge in [-0.25, -0.2) is 4.79 Å². The Hall–Kier alpha value is -2.55. The number of aliphatic hydroxyl groups is 1. The average molecular weight is 339 g/mol. The van der Waals surface area contributed by atoms with Gasteiger partial charge >= 0.3 is 6.03 Å². The number of hydrogen-bond donors (Lipinski definition) is 5. The summed E-state index contributed by atoms with van der Waals surface area (Å²) in [7, 11) is 0. The Kier molecular flexibility index (Phi) is 7.25. The summed E-state index contributed by atoms with van der Waals surface area (Å²) in [5.41, 5.74) is 7.29. The molecule has 6 N–H and O–H groups in total. The van der Waals surface area contributed by atoms with Crippen molar-refractivity contribution in [2.75, 3.05) is 19.7 Å². The molecule has 1 atom stereocenters. The summed E-state index contributed by atoms with van der Waals surface area (Å²) in [6.45, 7) is 5.98. The molecule has 0 aliphatic rings. The number of nitrogens with one attached hydrogen (secondary N) is 3. The number of carbonyl (C=O) groups excluding carboxylic acids is 3. The van der Waals surface area contributed by atoms with Crippen LogP contribution in [0.3, 0.4) is 0 Å². The Morgan fingerprint density at radius 2 is 1.96 bits per heavy atom. The van der Waals surface area contributed by atoms with Crippen LogP contribution in [0.15, 0.2) is 6.07 Å². The molecule has 24 heavy (non-hydrogen) atoms. The molecule has 0 unspecified atom stereocenters. The molecule has 0 saturated heterocycles. The summed E-state index contributed by atoms with van der Waals surface area (Å²) in [4.78, 5) is 34.4. The van der Waals surface area contributed by atoms with Crippen molar-refractivity contribution in [3.05, 3.63) is 23.0 Å². The third-order valence-electron chi connectivity index (χ3n) is 3.65. The third kappa shape index (κ3) is 5.27. The molecule has 1 heterocycles. The van der Waals surface area contributed by atoms with E-state index in [0.717, 1.165) is 17.9 Å². The number of rotatable bonds is 8. The number of nitrogens with zero attached hydrogens (tertiary/aromatic N) is 1. The number of urea groups is 1. The zero-order valence-corrected chi connectivity index (χ0v) is 14.2. The number of aliphatic hydroxyl groups excluding tert-OH is 1. The fraction of sp³-hybridized carbons (Fsp3) is 0.533. The van der Waals surface area contributed by atoms with Crippen LogP contribution < -0.4 is 21.7 Å². The van der Waals surface area contributed by atoms with Crippen LogP contribution in [-0.4, -0.2) is 53.3 Å². The molecular weight excluding hydrogens is 314 g/mol. The summed E-state index contributed by atoms with van der Waals surface area (Å²) in [5, 5.41) is 16.6. The maximum atomic E-state index is 12.3. The molecule has 1 aromatic rings. The summed E-state index contributed by atoms with van der Waals surface area (Å²) in [6, 6.07) is 0.327. The molecule has 0 bridgehead atoms. The maximum Gasteiger partial charge on any atom is 0.312 e. The summed E-state index contributed by atoms with van der Waals surface area (Å²) in [6.07, 6.45) is 0. The van der Waals surface area contributed by atoms with E-state index in [9.17, 15) is 19.5 Å². The molecule has 0 spiro atoms. The van der Waals surface area contributed by atoms with E-state index in [4.69, 9.17) is 5.73 Å². The van der Waals surface area contributed by atoms with E-state index in [1.807, 2.05) is 25.3 Å². The van der Waals surface area contributed by atoms with Gasteiger partial charge in [0.15, 0.2) is 0 Å². The predicted molar refractivity (Wildman–Crippen MR) is 88.5 cm³/mol. The lowest BCUT2D eigenvalue weighted by molar-refractivity contribution is -0.121. The van der Waals surface area contributed by atoms with E-state index in [1.165, 1.54) is 0 Å². The molecule has 0 fully saturated rings. The molecule has 4 amide bonds. The molecular formula is C15H25N5O4. The SMILES string of the molecule is CCn1c(C)cc(C(=O)NC[C@@H](CO)NC(=O)CNC(N)=O)c1C. The molecule has 0 saturated carbocycles. The van der Waals surface area contributed by atoms with Gasteiger partial charge in [-0.15, -0.1) is 0 Å². The average Bonchev–Trinajstić information content (AvgIpc) is 2.83. The minimum Gasteiger partial charge on any atom is -0.394 e. The van der Waals surface area contributed by atoms with Crippen LogP contribution in [0.2, 0.25) is 0 Å². The Labute approximate surface area is 140 Å². The fourth-order valence-electron chi connectivity index (χ4n) is 2.44. The zero-order valence-electron chi connectivity index (χ0n) is 14.2. The summed E-state index contributed by atoms with van der Waals surface area (Å²) in [5.74, 6) is -0.781. The fourth-order valence-corrected chi connectivity index (χ4v) is 2.44. The van der Waals surface area contributed by atoms with Gasteiger partial charge in [0.2, 0.25) is 5.91 Å². The van der Waals surface area contributed by atoms with E-state index in [1.54, 1.807) is 6.07 Å². The van der Waals surface area contributed by atoms with Crippen molar-refractivity contribution in [3.8, 4) is 0 Å². The monoisotopic (exact) mass is 339 g/mol. The number of aryl methyl sites for hydroxylation is 1. The van der Waals surface area contributed by atoms with E-state index in [-0.39, 0.29) is 25.6 Å².